The highest BCUT2D eigenvalue weighted by Crippen LogP contribution is 2.22. The molecule has 3 rings (SSSR count). The van der Waals surface area contributed by atoms with Gasteiger partial charge in [0.2, 0.25) is 11.8 Å². The molecule has 8 heteroatoms. The number of anilines is 2. The maximum Gasteiger partial charge on any atom is 0.228 e. The first kappa shape index (κ1) is 15.0. The van der Waals surface area contributed by atoms with Crippen molar-refractivity contribution in [1.29, 1.82) is 0 Å². The van der Waals surface area contributed by atoms with Gasteiger partial charge in [0.05, 0.1) is 7.11 Å². The standard InChI is InChI=1S/C14H15BrFN5O/c1-22-12-2-3-17-14(19-12)21-6-4-20(5-7-21)13-11(16)8-10(15)9-18-13/h2-3,8-9H,4-7H2,1H3. The molecule has 1 saturated heterocycles. The summed E-state index contributed by atoms with van der Waals surface area (Å²) in [6, 6.07) is 3.14. The smallest absolute Gasteiger partial charge is 0.228 e. The highest BCUT2D eigenvalue weighted by Gasteiger charge is 2.22. The summed E-state index contributed by atoms with van der Waals surface area (Å²) in [5.74, 6) is 1.23. The van der Waals surface area contributed by atoms with Gasteiger partial charge in [0.15, 0.2) is 11.6 Å². The van der Waals surface area contributed by atoms with Crippen LogP contribution in [-0.2, 0) is 0 Å². The molecule has 0 atom stereocenters. The molecule has 1 aliphatic rings. The predicted octanol–water partition coefficient (Wildman–Crippen LogP) is 2.11. The van der Waals surface area contributed by atoms with Gasteiger partial charge < -0.3 is 14.5 Å². The lowest BCUT2D eigenvalue weighted by molar-refractivity contribution is 0.396. The van der Waals surface area contributed by atoms with Gasteiger partial charge in [-0.05, 0) is 22.0 Å². The lowest BCUT2D eigenvalue weighted by atomic mass is 10.3. The zero-order valence-corrected chi connectivity index (χ0v) is 13.6. The van der Waals surface area contributed by atoms with Crippen molar-refractivity contribution < 1.29 is 9.13 Å². The first-order valence-electron chi connectivity index (χ1n) is 6.85. The van der Waals surface area contributed by atoms with Gasteiger partial charge in [-0.25, -0.2) is 14.4 Å². The predicted molar refractivity (Wildman–Crippen MR) is 84.9 cm³/mol. The van der Waals surface area contributed by atoms with Crippen molar-refractivity contribution in [1.82, 2.24) is 15.0 Å². The number of rotatable bonds is 3. The summed E-state index contributed by atoms with van der Waals surface area (Å²) < 4.78 is 19.7. The van der Waals surface area contributed by atoms with Crippen LogP contribution in [0.25, 0.3) is 0 Å². The van der Waals surface area contributed by atoms with Crippen LogP contribution in [0.15, 0.2) is 29.0 Å². The Morgan fingerprint density at radius 2 is 1.91 bits per heavy atom. The van der Waals surface area contributed by atoms with E-state index in [4.69, 9.17) is 4.74 Å². The topological polar surface area (TPSA) is 54.4 Å². The molecule has 0 aliphatic carbocycles. The summed E-state index contributed by atoms with van der Waals surface area (Å²) in [6.45, 7) is 2.72. The minimum atomic E-state index is -0.319. The van der Waals surface area contributed by atoms with Crippen LogP contribution in [0.1, 0.15) is 0 Å². The van der Waals surface area contributed by atoms with Gasteiger partial charge in [-0.15, -0.1) is 0 Å². The number of ether oxygens (including phenoxy) is 1. The van der Waals surface area contributed by atoms with E-state index in [1.54, 1.807) is 25.6 Å². The molecule has 1 aliphatic heterocycles. The van der Waals surface area contributed by atoms with Crippen LogP contribution >= 0.6 is 15.9 Å². The van der Waals surface area contributed by atoms with Crippen LogP contribution in [0.3, 0.4) is 0 Å². The van der Waals surface area contributed by atoms with Gasteiger partial charge in [0.1, 0.15) is 0 Å². The van der Waals surface area contributed by atoms with Crippen LogP contribution in [-0.4, -0.2) is 48.2 Å². The highest BCUT2D eigenvalue weighted by atomic mass is 79.9. The molecule has 0 saturated carbocycles. The van der Waals surface area contributed by atoms with Crippen LogP contribution in [0.4, 0.5) is 16.2 Å². The molecular formula is C14H15BrFN5O. The van der Waals surface area contributed by atoms with Gasteiger partial charge in [0, 0.05) is 49.1 Å². The summed E-state index contributed by atoms with van der Waals surface area (Å²) in [7, 11) is 1.58. The molecule has 2 aromatic rings. The molecule has 22 heavy (non-hydrogen) atoms. The van der Waals surface area contributed by atoms with Crippen molar-refractivity contribution in [3.8, 4) is 5.88 Å². The van der Waals surface area contributed by atoms with E-state index in [1.165, 1.54) is 6.07 Å². The molecule has 0 unspecified atom stereocenters. The van der Waals surface area contributed by atoms with Crippen molar-refractivity contribution in [2.45, 2.75) is 0 Å². The van der Waals surface area contributed by atoms with Gasteiger partial charge in [-0.2, -0.15) is 4.98 Å². The number of hydrogen-bond acceptors (Lipinski definition) is 6. The lowest BCUT2D eigenvalue weighted by Gasteiger charge is -2.35. The van der Waals surface area contributed by atoms with E-state index >= 15 is 0 Å². The van der Waals surface area contributed by atoms with E-state index in [2.05, 4.69) is 35.8 Å². The molecular weight excluding hydrogens is 353 g/mol. The molecule has 3 heterocycles. The summed E-state index contributed by atoms with van der Waals surface area (Å²) in [4.78, 5) is 16.7. The second kappa shape index (κ2) is 6.43. The van der Waals surface area contributed by atoms with Crippen molar-refractivity contribution in [2.75, 3.05) is 43.1 Å². The number of pyridine rings is 1. The number of hydrogen-bond donors (Lipinski definition) is 0. The number of piperazine rings is 1. The summed E-state index contributed by atoms with van der Waals surface area (Å²) in [5.41, 5.74) is 0. The third-order valence-electron chi connectivity index (χ3n) is 3.48. The molecule has 116 valence electrons. The Balaban J connectivity index is 1.69. The lowest BCUT2D eigenvalue weighted by Crippen LogP contribution is -2.47. The van der Waals surface area contributed by atoms with E-state index in [-0.39, 0.29) is 5.82 Å². The second-order valence-electron chi connectivity index (χ2n) is 4.83. The Bertz CT molecular complexity index is 663. The Kier molecular flexibility index (Phi) is 4.37. The van der Waals surface area contributed by atoms with Crippen molar-refractivity contribution >= 4 is 27.7 Å². The van der Waals surface area contributed by atoms with Crippen molar-refractivity contribution in [2.24, 2.45) is 0 Å². The molecule has 0 amide bonds. The average Bonchev–Trinajstić information content (AvgIpc) is 2.55. The van der Waals surface area contributed by atoms with Crippen LogP contribution in [0.5, 0.6) is 5.88 Å². The molecule has 1 fully saturated rings. The Labute approximate surface area is 136 Å². The zero-order valence-electron chi connectivity index (χ0n) is 12.0. The van der Waals surface area contributed by atoms with Crippen LogP contribution in [0.2, 0.25) is 0 Å². The highest BCUT2D eigenvalue weighted by molar-refractivity contribution is 9.10. The minimum Gasteiger partial charge on any atom is -0.481 e. The Hall–Kier alpha value is -1.96. The zero-order chi connectivity index (χ0) is 15.5. The number of aromatic nitrogens is 3. The SMILES string of the molecule is COc1ccnc(N2CCN(c3ncc(Br)cc3F)CC2)n1. The summed E-state index contributed by atoms with van der Waals surface area (Å²) in [5, 5.41) is 0. The van der Waals surface area contributed by atoms with E-state index in [9.17, 15) is 4.39 Å². The molecule has 0 bridgehead atoms. The maximum atomic E-state index is 14.0. The maximum absolute atomic E-state index is 14.0. The van der Waals surface area contributed by atoms with Gasteiger partial charge in [-0.3, -0.25) is 0 Å². The van der Waals surface area contributed by atoms with E-state index in [0.717, 1.165) is 0 Å². The first-order chi connectivity index (χ1) is 10.7. The molecule has 0 radical (unpaired) electrons. The van der Waals surface area contributed by atoms with E-state index in [1.807, 2.05) is 4.90 Å². The Morgan fingerprint density at radius 1 is 1.18 bits per heavy atom. The van der Waals surface area contributed by atoms with E-state index in [0.29, 0.717) is 48.3 Å². The van der Waals surface area contributed by atoms with Gasteiger partial charge in [0.25, 0.3) is 0 Å². The first-order valence-corrected chi connectivity index (χ1v) is 7.64. The quantitative estimate of drug-likeness (QED) is 0.827. The molecule has 0 N–H and O–H groups in total. The molecule has 2 aromatic heterocycles. The fourth-order valence-electron chi connectivity index (χ4n) is 2.36. The largest absolute Gasteiger partial charge is 0.481 e. The van der Waals surface area contributed by atoms with Crippen molar-refractivity contribution in [3.63, 3.8) is 0 Å². The number of halogens is 2. The van der Waals surface area contributed by atoms with Crippen molar-refractivity contribution in [3.05, 3.63) is 34.8 Å². The minimum absolute atomic E-state index is 0.319. The average molecular weight is 368 g/mol. The normalized spacial score (nSPS) is 15.0. The van der Waals surface area contributed by atoms with Gasteiger partial charge in [-0.1, -0.05) is 0 Å². The molecule has 0 spiro atoms. The fourth-order valence-corrected chi connectivity index (χ4v) is 2.66. The number of methoxy groups -OCH3 is 1. The Morgan fingerprint density at radius 3 is 2.59 bits per heavy atom. The third kappa shape index (κ3) is 3.11. The monoisotopic (exact) mass is 367 g/mol. The molecule has 6 nitrogen and oxygen atoms in total. The fraction of sp³-hybridized carbons (Fsp3) is 0.357. The summed E-state index contributed by atoms with van der Waals surface area (Å²) >= 11 is 3.22. The second-order valence-corrected chi connectivity index (χ2v) is 5.75. The third-order valence-corrected chi connectivity index (χ3v) is 3.91. The van der Waals surface area contributed by atoms with Crippen LogP contribution < -0.4 is 14.5 Å². The summed E-state index contributed by atoms with van der Waals surface area (Å²) in [6.07, 6.45) is 3.28. The van der Waals surface area contributed by atoms with Crippen LogP contribution in [0, 0.1) is 5.82 Å². The molecule has 0 aromatic carbocycles. The number of nitrogens with zero attached hydrogens (tertiary/aromatic N) is 5. The van der Waals surface area contributed by atoms with Gasteiger partial charge >= 0.3 is 0 Å². The van der Waals surface area contributed by atoms with E-state index < -0.39 is 0 Å².